The highest BCUT2D eigenvalue weighted by molar-refractivity contribution is 7.10. The van der Waals surface area contributed by atoms with Crippen LogP contribution in [0.2, 0.25) is 0 Å². The molecule has 0 saturated heterocycles. The van der Waals surface area contributed by atoms with Gasteiger partial charge >= 0.3 is 0 Å². The molecule has 2 aromatic carbocycles. The first kappa shape index (κ1) is 18.1. The van der Waals surface area contributed by atoms with Gasteiger partial charge < -0.3 is 5.11 Å². The smallest absolute Gasteiger partial charge is 0.211 e. The molecule has 3 aromatic rings. The van der Waals surface area contributed by atoms with Crippen LogP contribution >= 0.6 is 11.3 Å². The lowest BCUT2D eigenvalue weighted by Crippen LogP contribution is -2.22. The Morgan fingerprint density at radius 2 is 1.76 bits per heavy atom. The summed E-state index contributed by atoms with van der Waals surface area (Å²) in [7, 11) is 0. The van der Waals surface area contributed by atoms with Crippen molar-refractivity contribution in [1.29, 1.82) is 0 Å². The Morgan fingerprint density at radius 1 is 1.00 bits per heavy atom. The second kappa shape index (κ2) is 7.84. The van der Waals surface area contributed by atoms with E-state index < -0.39 is 0 Å². The molecule has 2 aliphatic rings. The summed E-state index contributed by atoms with van der Waals surface area (Å²) in [5.41, 5.74) is 4.01. The molecule has 0 bridgehead atoms. The summed E-state index contributed by atoms with van der Waals surface area (Å²) in [5.74, 6) is 0.321. The van der Waals surface area contributed by atoms with Crippen LogP contribution in [0.4, 0.5) is 11.4 Å². The maximum absolute atomic E-state index is 11.2. The van der Waals surface area contributed by atoms with Crippen LogP contribution in [0.3, 0.4) is 0 Å². The van der Waals surface area contributed by atoms with Gasteiger partial charge in [0.2, 0.25) is 5.88 Å². The van der Waals surface area contributed by atoms with Crippen LogP contribution in [-0.4, -0.2) is 15.9 Å². The van der Waals surface area contributed by atoms with Crippen LogP contribution in [0.25, 0.3) is 11.6 Å². The molecule has 0 spiro atoms. The monoisotopic (exact) mass is 401 g/mol. The van der Waals surface area contributed by atoms with Gasteiger partial charge in [0.05, 0.1) is 16.3 Å². The first-order chi connectivity index (χ1) is 14.3. The molecule has 1 aliphatic carbocycles. The van der Waals surface area contributed by atoms with Gasteiger partial charge in [-0.05, 0) is 37.1 Å². The summed E-state index contributed by atoms with van der Waals surface area (Å²) in [6, 6.07) is 18.4. The molecule has 1 aliphatic heterocycles. The van der Waals surface area contributed by atoms with Gasteiger partial charge in [-0.2, -0.15) is 0 Å². The third kappa shape index (κ3) is 3.58. The minimum Gasteiger partial charge on any atom is -0.493 e. The number of aromatic nitrogens is 1. The fourth-order valence-corrected chi connectivity index (χ4v) is 5.21. The highest BCUT2D eigenvalue weighted by atomic mass is 32.1. The molecule has 1 saturated carbocycles. The molecular formula is C24H23N3OS. The summed E-state index contributed by atoms with van der Waals surface area (Å²) >= 11 is 1.54. The summed E-state index contributed by atoms with van der Waals surface area (Å²) in [4.78, 5) is 11.1. The lowest BCUT2D eigenvalue weighted by molar-refractivity contribution is 0.307. The number of para-hydroxylation sites is 2. The number of nitrogens with zero attached hydrogens (tertiary/aromatic N) is 3. The highest BCUT2D eigenvalue weighted by Gasteiger charge is 2.23. The van der Waals surface area contributed by atoms with Gasteiger partial charge in [0.1, 0.15) is 0 Å². The van der Waals surface area contributed by atoms with Crippen LogP contribution in [0, 0.1) is 0 Å². The van der Waals surface area contributed by atoms with E-state index in [9.17, 15) is 5.11 Å². The van der Waals surface area contributed by atoms with Crippen LogP contribution < -0.4 is 4.80 Å². The molecule has 0 amide bonds. The van der Waals surface area contributed by atoms with Crippen molar-refractivity contribution in [2.24, 2.45) is 9.98 Å². The Bertz CT molecular complexity index is 1150. The largest absolute Gasteiger partial charge is 0.493 e. The molecule has 0 atom stereocenters. The highest BCUT2D eigenvalue weighted by Crippen LogP contribution is 2.37. The number of allylic oxidation sites excluding steroid dienone is 1. The molecule has 2 heterocycles. The molecule has 146 valence electrons. The molecule has 0 unspecified atom stereocenters. The third-order valence-corrected chi connectivity index (χ3v) is 6.61. The predicted molar refractivity (Wildman–Crippen MR) is 120 cm³/mol. The van der Waals surface area contributed by atoms with Gasteiger partial charge in [0.15, 0.2) is 4.80 Å². The first-order valence-electron chi connectivity index (χ1n) is 10.2. The van der Waals surface area contributed by atoms with E-state index in [0.717, 1.165) is 45.0 Å². The lowest BCUT2D eigenvalue weighted by atomic mass is 9.95. The van der Waals surface area contributed by atoms with E-state index in [-0.39, 0.29) is 0 Å². The zero-order chi connectivity index (χ0) is 19.6. The number of benzene rings is 2. The number of hydrogen-bond donors (Lipinski definition) is 1. The Morgan fingerprint density at radius 3 is 2.59 bits per heavy atom. The molecule has 4 nitrogen and oxygen atoms in total. The van der Waals surface area contributed by atoms with Crippen LogP contribution in [0.5, 0.6) is 5.88 Å². The van der Waals surface area contributed by atoms with Crippen LogP contribution in [0.1, 0.15) is 48.6 Å². The molecule has 0 radical (unpaired) electrons. The predicted octanol–water partition coefficient (Wildman–Crippen LogP) is 6.25. The van der Waals surface area contributed by atoms with E-state index in [0.29, 0.717) is 11.9 Å². The van der Waals surface area contributed by atoms with Crippen molar-refractivity contribution < 1.29 is 5.11 Å². The zero-order valence-electron chi connectivity index (χ0n) is 16.2. The van der Waals surface area contributed by atoms with Crippen molar-refractivity contribution in [1.82, 2.24) is 4.57 Å². The maximum Gasteiger partial charge on any atom is 0.211 e. The fourth-order valence-electron chi connectivity index (χ4n) is 4.15. The quantitative estimate of drug-likeness (QED) is 0.554. The van der Waals surface area contributed by atoms with Crippen molar-refractivity contribution in [3.8, 4) is 5.88 Å². The average Bonchev–Trinajstić information content (AvgIpc) is 3.31. The number of rotatable bonds is 3. The minimum absolute atomic E-state index is 0.305. The molecule has 29 heavy (non-hydrogen) atoms. The summed E-state index contributed by atoms with van der Waals surface area (Å²) in [5, 5.41) is 11.2. The normalized spacial score (nSPS) is 18.5. The summed E-state index contributed by atoms with van der Waals surface area (Å²) < 4.78 is 2.06. The average molecular weight is 402 g/mol. The van der Waals surface area contributed by atoms with Crippen molar-refractivity contribution in [2.45, 2.75) is 38.1 Å². The maximum atomic E-state index is 11.2. The number of aliphatic imine (C=N–C) groups is 1. The Hall–Kier alpha value is -2.92. The van der Waals surface area contributed by atoms with Crippen molar-refractivity contribution >= 4 is 40.6 Å². The van der Waals surface area contributed by atoms with Gasteiger partial charge in [-0.25, -0.2) is 4.99 Å². The van der Waals surface area contributed by atoms with Gasteiger partial charge in [-0.15, -0.1) is 0 Å². The summed E-state index contributed by atoms with van der Waals surface area (Å²) in [6.07, 6.45) is 9.78. The first-order valence-corrected chi connectivity index (χ1v) is 11.0. The van der Waals surface area contributed by atoms with E-state index in [1.807, 2.05) is 60.8 Å². The van der Waals surface area contributed by atoms with Crippen molar-refractivity contribution in [2.75, 3.05) is 0 Å². The second-order valence-corrected chi connectivity index (χ2v) is 8.57. The molecule has 5 rings (SSSR count). The number of aromatic hydroxyl groups is 1. The topological polar surface area (TPSA) is 49.9 Å². The number of hydrogen-bond acceptors (Lipinski definition) is 4. The number of fused-ring (bicyclic) bond motifs is 1. The van der Waals surface area contributed by atoms with E-state index >= 15 is 0 Å². The molecule has 5 heteroatoms. The van der Waals surface area contributed by atoms with Gasteiger partial charge in [0, 0.05) is 23.4 Å². The molecule has 1 aromatic heterocycles. The molecule has 1 N–H and O–H groups in total. The SMILES string of the molecule is Oc1c(/C=C2/C=Nc3ccccc32)sc(=Nc2ccccc2)n1C1CCCCC1. The van der Waals surface area contributed by atoms with E-state index in [1.54, 1.807) is 11.3 Å². The standard InChI is InChI=1S/C24H23N3OS/c28-23-22(15-17-16-25-21-14-8-7-13-20(17)21)29-24(26-18-9-3-1-4-10-18)27(23)19-11-5-2-6-12-19/h1,3-4,7-10,13-16,19,28H,2,5-6,11-12H2/b17-15-,26-24?. The van der Waals surface area contributed by atoms with E-state index in [2.05, 4.69) is 15.6 Å². The second-order valence-electron chi connectivity index (χ2n) is 7.56. The van der Waals surface area contributed by atoms with Gasteiger partial charge in [0.25, 0.3) is 0 Å². The fraction of sp³-hybridized carbons (Fsp3) is 0.250. The molecular weight excluding hydrogens is 378 g/mol. The summed E-state index contributed by atoms with van der Waals surface area (Å²) in [6.45, 7) is 0. The Balaban J connectivity index is 1.63. The Kier molecular flexibility index (Phi) is 4.90. The van der Waals surface area contributed by atoms with E-state index in [1.165, 1.54) is 19.3 Å². The number of thiazole rings is 1. The lowest BCUT2D eigenvalue weighted by Gasteiger charge is -2.23. The van der Waals surface area contributed by atoms with Crippen molar-refractivity contribution in [3.63, 3.8) is 0 Å². The van der Waals surface area contributed by atoms with Crippen LogP contribution in [0.15, 0.2) is 64.6 Å². The minimum atomic E-state index is 0.305. The zero-order valence-corrected chi connectivity index (χ0v) is 17.0. The van der Waals surface area contributed by atoms with Gasteiger partial charge in [-0.1, -0.05) is 67.0 Å². The van der Waals surface area contributed by atoms with Crippen molar-refractivity contribution in [3.05, 3.63) is 69.8 Å². The van der Waals surface area contributed by atoms with E-state index in [4.69, 9.17) is 4.99 Å². The van der Waals surface area contributed by atoms with Crippen LogP contribution in [-0.2, 0) is 0 Å². The van der Waals surface area contributed by atoms with Gasteiger partial charge in [-0.3, -0.25) is 9.56 Å². The third-order valence-electron chi connectivity index (χ3n) is 5.62. The Labute approximate surface area is 174 Å². The molecule has 1 fully saturated rings.